The lowest BCUT2D eigenvalue weighted by molar-refractivity contribution is 0.136. The molecular weight excluding hydrogens is 274 g/mol. The molecule has 0 amide bonds. The van der Waals surface area contributed by atoms with Crippen molar-refractivity contribution in [3.63, 3.8) is 0 Å². The van der Waals surface area contributed by atoms with E-state index in [1.165, 1.54) is 48.7 Å². The summed E-state index contributed by atoms with van der Waals surface area (Å²) >= 11 is 3.66. The Hall–Kier alpha value is -0.0300. The molecule has 2 nitrogen and oxygen atoms in total. The number of hydrogen-bond donors (Lipinski definition) is 1. The van der Waals surface area contributed by atoms with Gasteiger partial charge in [0.05, 0.1) is 10.3 Å². The van der Waals surface area contributed by atoms with Gasteiger partial charge in [0.2, 0.25) is 0 Å². The van der Waals surface area contributed by atoms with Gasteiger partial charge in [0, 0.05) is 11.4 Å². The molecule has 0 spiro atoms. The van der Waals surface area contributed by atoms with E-state index in [-0.39, 0.29) is 6.10 Å². The molecule has 1 saturated heterocycles. The van der Waals surface area contributed by atoms with Crippen molar-refractivity contribution in [2.45, 2.75) is 49.3 Å². The number of rotatable bonds is 7. The Kier molecular flexibility index (Phi) is 6.71. The lowest BCUT2D eigenvalue weighted by Crippen LogP contribution is -2.31. The molecule has 1 N–H and O–H groups in total. The van der Waals surface area contributed by atoms with E-state index in [9.17, 15) is 5.11 Å². The third-order valence-corrected chi connectivity index (χ3v) is 6.16. The first-order chi connectivity index (χ1) is 9.29. The van der Waals surface area contributed by atoms with Crippen LogP contribution >= 0.6 is 23.1 Å². The van der Waals surface area contributed by atoms with E-state index in [4.69, 9.17) is 0 Å². The summed E-state index contributed by atoms with van der Waals surface area (Å²) in [7, 11) is 0. The van der Waals surface area contributed by atoms with Gasteiger partial charge in [-0.3, -0.25) is 0 Å². The smallest absolute Gasteiger partial charge is 0.0894 e. The molecular formula is C15H25NOS2. The van der Waals surface area contributed by atoms with Crippen molar-refractivity contribution >= 4 is 23.1 Å². The van der Waals surface area contributed by atoms with Crippen molar-refractivity contribution in [3.8, 4) is 0 Å². The van der Waals surface area contributed by atoms with E-state index in [1.807, 2.05) is 11.8 Å². The number of nitrogens with zero attached hydrogens (tertiary/aromatic N) is 1. The van der Waals surface area contributed by atoms with Crippen molar-refractivity contribution < 1.29 is 5.11 Å². The van der Waals surface area contributed by atoms with Crippen LogP contribution in [-0.4, -0.2) is 35.4 Å². The Morgan fingerprint density at radius 3 is 2.84 bits per heavy atom. The number of thiophene rings is 1. The number of aliphatic hydroxyl groups excluding tert-OH is 1. The molecule has 19 heavy (non-hydrogen) atoms. The fourth-order valence-electron chi connectivity index (χ4n) is 2.42. The van der Waals surface area contributed by atoms with Crippen molar-refractivity contribution in [2.75, 3.05) is 25.4 Å². The minimum absolute atomic E-state index is 0.275. The highest BCUT2D eigenvalue weighted by Gasteiger charge is 2.15. The summed E-state index contributed by atoms with van der Waals surface area (Å²) in [5.41, 5.74) is 0. The molecule has 1 aromatic rings. The van der Waals surface area contributed by atoms with Crippen molar-refractivity contribution in [1.82, 2.24) is 4.90 Å². The minimum Gasteiger partial charge on any atom is -0.388 e. The van der Waals surface area contributed by atoms with Crippen molar-refractivity contribution in [2.24, 2.45) is 0 Å². The molecule has 2 rings (SSSR count). The van der Waals surface area contributed by atoms with Gasteiger partial charge in [-0.05, 0) is 56.7 Å². The number of hydrogen-bond acceptors (Lipinski definition) is 4. The topological polar surface area (TPSA) is 23.5 Å². The first-order valence-electron chi connectivity index (χ1n) is 7.42. The molecule has 1 aromatic heterocycles. The SMILES string of the molecule is CCCSc1ccc(C(O)CCN2CCCCC2)s1. The molecule has 2 heterocycles. The van der Waals surface area contributed by atoms with Gasteiger partial charge in [-0.15, -0.1) is 23.1 Å². The Balaban J connectivity index is 1.75. The van der Waals surface area contributed by atoms with Crippen LogP contribution in [0.1, 0.15) is 50.0 Å². The highest BCUT2D eigenvalue weighted by Crippen LogP contribution is 2.32. The van der Waals surface area contributed by atoms with Gasteiger partial charge >= 0.3 is 0 Å². The molecule has 0 radical (unpaired) electrons. The molecule has 1 aliphatic heterocycles. The zero-order chi connectivity index (χ0) is 13.5. The van der Waals surface area contributed by atoms with Crippen LogP contribution in [0.2, 0.25) is 0 Å². The molecule has 1 fully saturated rings. The molecule has 0 bridgehead atoms. The molecule has 1 aliphatic rings. The molecule has 0 aromatic carbocycles. The lowest BCUT2D eigenvalue weighted by atomic mass is 10.1. The van der Waals surface area contributed by atoms with Gasteiger partial charge in [0.15, 0.2) is 0 Å². The highest BCUT2D eigenvalue weighted by atomic mass is 32.2. The molecule has 4 heteroatoms. The minimum atomic E-state index is -0.275. The Morgan fingerprint density at radius 2 is 2.11 bits per heavy atom. The van der Waals surface area contributed by atoms with E-state index in [1.54, 1.807) is 11.3 Å². The molecule has 0 saturated carbocycles. The summed E-state index contributed by atoms with van der Waals surface area (Å²) in [5.74, 6) is 1.17. The van der Waals surface area contributed by atoms with E-state index in [2.05, 4.69) is 24.0 Å². The second kappa shape index (κ2) is 8.30. The number of likely N-dealkylation sites (tertiary alicyclic amines) is 1. The van der Waals surface area contributed by atoms with Crippen LogP contribution in [0.5, 0.6) is 0 Å². The standard InChI is InChI=1S/C15H25NOS2/c1-2-12-18-15-7-6-14(19-15)13(17)8-11-16-9-4-3-5-10-16/h6-7,13,17H,2-5,8-12H2,1H3. The van der Waals surface area contributed by atoms with E-state index >= 15 is 0 Å². The van der Waals surface area contributed by atoms with Crippen molar-refractivity contribution in [1.29, 1.82) is 0 Å². The van der Waals surface area contributed by atoms with Gasteiger partial charge < -0.3 is 10.0 Å². The van der Waals surface area contributed by atoms with Gasteiger partial charge in [0.1, 0.15) is 0 Å². The van der Waals surface area contributed by atoms with Gasteiger partial charge in [-0.25, -0.2) is 0 Å². The molecule has 108 valence electrons. The summed E-state index contributed by atoms with van der Waals surface area (Å²) in [6.45, 7) is 5.68. The second-order valence-corrected chi connectivity index (χ2v) is 7.72. The van der Waals surface area contributed by atoms with Crippen LogP contribution in [0.3, 0.4) is 0 Å². The van der Waals surface area contributed by atoms with E-state index < -0.39 is 0 Å². The summed E-state index contributed by atoms with van der Waals surface area (Å²) in [6, 6.07) is 4.26. The third kappa shape index (κ3) is 5.10. The zero-order valence-corrected chi connectivity index (χ0v) is 13.4. The van der Waals surface area contributed by atoms with Gasteiger partial charge in [0.25, 0.3) is 0 Å². The summed E-state index contributed by atoms with van der Waals surface area (Å²) < 4.78 is 1.34. The lowest BCUT2D eigenvalue weighted by Gasteiger charge is -2.27. The number of aliphatic hydroxyl groups is 1. The maximum Gasteiger partial charge on any atom is 0.0894 e. The largest absolute Gasteiger partial charge is 0.388 e. The number of piperidine rings is 1. The molecule has 0 aliphatic carbocycles. The average molecular weight is 300 g/mol. The third-order valence-electron chi connectivity index (χ3n) is 3.55. The average Bonchev–Trinajstić information content (AvgIpc) is 2.92. The van der Waals surface area contributed by atoms with Crippen LogP contribution in [0, 0.1) is 0 Å². The maximum absolute atomic E-state index is 10.3. The van der Waals surface area contributed by atoms with Crippen LogP contribution in [0.25, 0.3) is 0 Å². The van der Waals surface area contributed by atoms with E-state index in [0.717, 1.165) is 17.8 Å². The van der Waals surface area contributed by atoms with E-state index in [0.29, 0.717) is 0 Å². The predicted octanol–water partition coefficient (Wildman–Crippen LogP) is 4.16. The maximum atomic E-state index is 10.3. The summed E-state index contributed by atoms with van der Waals surface area (Å²) in [5, 5.41) is 10.3. The second-order valence-electron chi connectivity index (χ2n) is 5.21. The normalized spacial score (nSPS) is 18.6. The quantitative estimate of drug-likeness (QED) is 0.765. The van der Waals surface area contributed by atoms with Crippen LogP contribution in [0.15, 0.2) is 16.3 Å². The summed E-state index contributed by atoms with van der Waals surface area (Å²) in [4.78, 5) is 3.63. The van der Waals surface area contributed by atoms with Gasteiger partial charge in [-0.2, -0.15) is 0 Å². The fraction of sp³-hybridized carbons (Fsp3) is 0.733. The Morgan fingerprint density at radius 1 is 1.32 bits per heavy atom. The molecule has 1 unspecified atom stereocenters. The summed E-state index contributed by atoms with van der Waals surface area (Å²) in [6.07, 6.45) is 5.83. The van der Waals surface area contributed by atoms with Crippen LogP contribution in [0.4, 0.5) is 0 Å². The highest BCUT2D eigenvalue weighted by molar-refractivity contribution is 8.01. The predicted molar refractivity (Wildman–Crippen MR) is 85.2 cm³/mol. The van der Waals surface area contributed by atoms with Crippen LogP contribution < -0.4 is 0 Å². The Labute approximate surface area is 125 Å². The Bertz CT molecular complexity index is 361. The first-order valence-corrected chi connectivity index (χ1v) is 9.22. The molecule has 1 atom stereocenters. The fourth-order valence-corrected chi connectivity index (χ4v) is 4.53. The van der Waals surface area contributed by atoms with Crippen LogP contribution in [-0.2, 0) is 0 Å². The number of thioether (sulfide) groups is 1. The zero-order valence-electron chi connectivity index (χ0n) is 11.8. The van der Waals surface area contributed by atoms with Crippen molar-refractivity contribution in [3.05, 3.63) is 17.0 Å². The van der Waals surface area contributed by atoms with Gasteiger partial charge in [-0.1, -0.05) is 13.3 Å². The first kappa shape index (κ1) is 15.4. The monoisotopic (exact) mass is 299 g/mol.